The minimum Gasteiger partial charge on any atom is -0.493 e. The first-order chi connectivity index (χ1) is 15.0. The molecule has 2 amide bonds. The molecule has 1 N–H and O–H groups in total. The maximum Gasteiger partial charge on any atom is 0.266 e. The maximum absolute atomic E-state index is 12.8. The Balaban J connectivity index is 1.44. The van der Waals surface area contributed by atoms with Crippen molar-refractivity contribution in [2.24, 2.45) is 0 Å². The fourth-order valence-corrected chi connectivity index (χ4v) is 4.30. The van der Waals surface area contributed by atoms with Gasteiger partial charge in [-0.1, -0.05) is 30.0 Å². The molecule has 2 aromatic rings. The van der Waals surface area contributed by atoms with Crippen LogP contribution in [0.2, 0.25) is 0 Å². The van der Waals surface area contributed by atoms with Gasteiger partial charge in [0.25, 0.3) is 5.91 Å². The van der Waals surface area contributed by atoms with E-state index >= 15 is 0 Å². The molecule has 0 bridgehead atoms. The Labute approximate surface area is 188 Å². The molecule has 0 saturated carbocycles. The van der Waals surface area contributed by atoms with Gasteiger partial charge in [-0.05, 0) is 35.9 Å². The molecule has 1 saturated heterocycles. The van der Waals surface area contributed by atoms with E-state index in [-0.39, 0.29) is 25.2 Å². The Morgan fingerprint density at radius 1 is 1.16 bits per heavy atom. The lowest BCUT2D eigenvalue weighted by atomic mass is 10.2. The van der Waals surface area contributed by atoms with Crippen molar-refractivity contribution >= 4 is 51.9 Å². The van der Waals surface area contributed by atoms with E-state index < -0.39 is 0 Å². The zero-order chi connectivity index (χ0) is 22.0. The van der Waals surface area contributed by atoms with Crippen LogP contribution in [0.3, 0.4) is 0 Å². The number of rotatable bonds is 6. The van der Waals surface area contributed by atoms with Gasteiger partial charge >= 0.3 is 0 Å². The summed E-state index contributed by atoms with van der Waals surface area (Å²) in [6, 6.07) is 10.4. The summed E-state index contributed by atoms with van der Waals surface area (Å²) >= 11 is 6.46. The van der Waals surface area contributed by atoms with E-state index in [0.717, 1.165) is 17.3 Å². The van der Waals surface area contributed by atoms with E-state index in [1.165, 1.54) is 4.90 Å². The summed E-state index contributed by atoms with van der Waals surface area (Å²) in [5.41, 5.74) is 1.29. The SMILES string of the molecule is COc1ccc(/C=C2\SC(=S)N(CC(=O)Nc3ccc4c(c3)OCO4)C2=O)cc1OC. The summed E-state index contributed by atoms with van der Waals surface area (Å²) in [6.07, 6.45) is 1.71. The van der Waals surface area contributed by atoms with E-state index in [1.54, 1.807) is 56.7 Å². The maximum atomic E-state index is 12.8. The minimum atomic E-state index is -0.373. The Hall–Kier alpha value is -3.24. The molecule has 0 radical (unpaired) electrons. The quantitative estimate of drug-likeness (QED) is 0.522. The van der Waals surface area contributed by atoms with Crippen LogP contribution in [0.25, 0.3) is 6.08 Å². The molecule has 0 spiro atoms. The van der Waals surface area contributed by atoms with Crippen LogP contribution in [0, 0.1) is 0 Å². The topological polar surface area (TPSA) is 86.3 Å². The second-order valence-corrected chi connectivity index (χ2v) is 8.17. The highest BCUT2D eigenvalue weighted by Gasteiger charge is 2.33. The Bertz CT molecular complexity index is 1100. The molecule has 0 atom stereocenters. The first kappa shape index (κ1) is 21.0. The van der Waals surface area contributed by atoms with Gasteiger partial charge in [0.15, 0.2) is 23.0 Å². The van der Waals surface area contributed by atoms with E-state index in [9.17, 15) is 9.59 Å². The number of nitrogens with zero attached hydrogens (tertiary/aromatic N) is 1. The number of nitrogens with one attached hydrogen (secondary N) is 1. The summed E-state index contributed by atoms with van der Waals surface area (Å²) in [6.45, 7) is -0.0436. The summed E-state index contributed by atoms with van der Waals surface area (Å²) in [7, 11) is 3.09. The zero-order valence-corrected chi connectivity index (χ0v) is 18.3. The third kappa shape index (κ3) is 4.44. The van der Waals surface area contributed by atoms with Crippen molar-refractivity contribution in [3.63, 3.8) is 0 Å². The van der Waals surface area contributed by atoms with Gasteiger partial charge in [0.1, 0.15) is 10.9 Å². The van der Waals surface area contributed by atoms with Crippen LogP contribution in [-0.4, -0.2) is 48.6 Å². The molecule has 8 nitrogen and oxygen atoms in total. The minimum absolute atomic E-state index is 0.148. The fraction of sp³-hybridized carbons (Fsp3) is 0.190. The standard InChI is InChI=1S/C21H18N2O6S2/c1-26-14-5-3-12(7-16(14)27-2)8-18-20(25)23(21(30)31-18)10-19(24)22-13-4-6-15-17(9-13)29-11-28-15/h3-9H,10-11H2,1-2H3,(H,22,24)/b18-8-. The fourth-order valence-electron chi connectivity index (χ4n) is 3.05. The van der Waals surface area contributed by atoms with E-state index in [0.29, 0.717) is 37.9 Å². The average molecular weight is 459 g/mol. The molecule has 10 heteroatoms. The summed E-state index contributed by atoms with van der Waals surface area (Å²) < 4.78 is 21.4. The number of carbonyl (C=O) groups excluding carboxylic acids is 2. The van der Waals surface area contributed by atoms with Crippen LogP contribution in [0.4, 0.5) is 5.69 Å². The van der Waals surface area contributed by atoms with Gasteiger partial charge in [-0.2, -0.15) is 0 Å². The van der Waals surface area contributed by atoms with E-state index in [1.807, 2.05) is 0 Å². The number of benzene rings is 2. The molecule has 2 heterocycles. The summed E-state index contributed by atoms with van der Waals surface area (Å²) in [5, 5.41) is 2.74. The van der Waals surface area contributed by atoms with Gasteiger partial charge in [0, 0.05) is 11.8 Å². The molecular formula is C21H18N2O6S2. The molecular weight excluding hydrogens is 440 g/mol. The Kier molecular flexibility index (Phi) is 6.01. The lowest BCUT2D eigenvalue weighted by Crippen LogP contribution is -2.36. The van der Waals surface area contributed by atoms with Gasteiger partial charge in [0.05, 0.1) is 19.1 Å². The number of fused-ring (bicyclic) bond motifs is 1. The zero-order valence-electron chi connectivity index (χ0n) is 16.7. The number of thioether (sulfide) groups is 1. The van der Waals surface area contributed by atoms with Gasteiger partial charge in [-0.25, -0.2) is 0 Å². The predicted molar refractivity (Wildman–Crippen MR) is 121 cm³/mol. The highest BCUT2D eigenvalue weighted by atomic mass is 32.2. The van der Waals surface area contributed by atoms with Gasteiger partial charge in [0.2, 0.25) is 12.7 Å². The van der Waals surface area contributed by atoms with Crippen LogP contribution in [0.1, 0.15) is 5.56 Å². The van der Waals surface area contributed by atoms with Crippen LogP contribution in [-0.2, 0) is 9.59 Å². The van der Waals surface area contributed by atoms with Crippen LogP contribution >= 0.6 is 24.0 Å². The number of hydrogen-bond donors (Lipinski definition) is 1. The molecule has 31 heavy (non-hydrogen) atoms. The number of carbonyl (C=O) groups is 2. The van der Waals surface area contributed by atoms with Gasteiger partial charge in [-0.3, -0.25) is 14.5 Å². The van der Waals surface area contributed by atoms with Gasteiger partial charge in [-0.15, -0.1) is 0 Å². The highest BCUT2D eigenvalue weighted by molar-refractivity contribution is 8.26. The molecule has 4 rings (SSSR count). The van der Waals surface area contributed by atoms with Crippen molar-refractivity contribution in [2.45, 2.75) is 0 Å². The second-order valence-electron chi connectivity index (χ2n) is 6.50. The van der Waals surface area contributed by atoms with Crippen molar-refractivity contribution in [2.75, 3.05) is 32.9 Å². The number of anilines is 1. The smallest absolute Gasteiger partial charge is 0.266 e. The van der Waals surface area contributed by atoms with Crippen molar-refractivity contribution in [3.8, 4) is 23.0 Å². The third-order valence-electron chi connectivity index (χ3n) is 4.54. The monoisotopic (exact) mass is 458 g/mol. The lowest BCUT2D eigenvalue weighted by Gasteiger charge is -2.14. The number of amides is 2. The van der Waals surface area contributed by atoms with E-state index in [2.05, 4.69) is 5.32 Å². The van der Waals surface area contributed by atoms with Crippen molar-refractivity contribution in [3.05, 3.63) is 46.9 Å². The molecule has 2 aliphatic heterocycles. The van der Waals surface area contributed by atoms with Crippen LogP contribution in [0.15, 0.2) is 41.3 Å². The molecule has 160 valence electrons. The Morgan fingerprint density at radius 2 is 1.94 bits per heavy atom. The molecule has 2 aromatic carbocycles. The van der Waals surface area contributed by atoms with Crippen molar-refractivity contribution in [1.29, 1.82) is 0 Å². The summed E-state index contributed by atoms with van der Waals surface area (Å²) in [4.78, 5) is 27.0. The van der Waals surface area contributed by atoms with Crippen LogP contribution in [0.5, 0.6) is 23.0 Å². The lowest BCUT2D eigenvalue weighted by molar-refractivity contribution is -0.126. The third-order valence-corrected chi connectivity index (χ3v) is 5.91. The van der Waals surface area contributed by atoms with Crippen LogP contribution < -0.4 is 24.3 Å². The molecule has 0 unspecified atom stereocenters. The van der Waals surface area contributed by atoms with E-state index in [4.69, 9.17) is 31.2 Å². The molecule has 1 fully saturated rings. The number of hydrogen-bond acceptors (Lipinski definition) is 8. The number of thiocarbonyl (C=S) groups is 1. The van der Waals surface area contributed by atoms with Gasteiger partial charge < -0.3 is 24.3 Å². The highest BCUT2D eigenvalue weighted by Crippen LogP contribution is 2.36. The first-order valence-electron chi connectivity index (χ1n) is 9.15. The molecule has 0 aromatic heterocycles. The molecule has 0 aliphatic carbocycles. The Morgan fingerprint density at radius 3 is 2.71 bits per heavy atom. The number of methoxy groups -OCH3 is 2. The summed E-state index contributed by atoms with van der Waals surface area (Å²) in [5.74, 6) is 1.62. The van der Waals surface area contributed by atoms with Crippen molar-refractivity contribution in [1.82, 2.24) is 4.90 Å². The predicted octanol–water partition coefficient (Wildman–Crippen LogP) is 3.27. The second kappa shape index (κ2) is 8.86. The van der Waals surface area contributed by atoms with Crippen molar-refractivity contribution < 1.29 is 28.5 Å². The average Bonchev–Trinajstić information content (AvgIpc) is 3.33. The normalized spacial score (nSPS) is 16.1. The molecule has 2 aliphatic rings. The largest absolute Gasteiger partial charge is 0.493 e. The number of ether oxygens (including phenoxy) is 4. The first-order valence-corrected chi connectivity index (χ1v) is 10.4.